The molecule has 0 amide bonds. The third-order valence-electron chi connectivity index (χ3n) is 5.34. The molecule has 19 heavy (non-hydrogen) atoms. The summed E-state index contributed by atoms with van der Waals surface area (Å²) < 4.78 is 3.35. The Balaban J connectivity index is 1.92. The maximum absolute atomic E-state index is 6.42. The van der Waals surface area contributed by atoms with Crippen LogP contribution in [0.15, 0.2) is 4.47 Å². The minimum atomic E-state index is 0.326. The number of hydrogen-bond donors (Lipinski definition) is 0. The van der Waals surface area contributed by atoms with Crippen molar-refractivity contribution in [3.05, 3.63) is 15.9 Å². The third-order valence-corrected chi connectivity index (χ3v) is 6.90. The Hall–Kier alpha value is -0.0200. The van der Waals surface area contributed by atoms with Gasteiger partial charge in [-0.15, -0.1) is 11.6 Å². The van der Waals surface area contributed by atoms with Crippen LogP contribution in [0.5, 0.6) is 0 Å². The van der Waals surface area contributed by atoms with E-state index in [1.54, 1.807) is 0 Å². The third kappa shape index (κ3) is 2.17. The normalized spacial score (nSPS) is 33.3. The molecule has 2 nitrogen and oxygen atoms in total. The van der Waals surface area contributed by atoms with E-state index in [0.717, 1.165) is 36.4 Å². The van der Waals surface area contributed by atoms with Crippen molar-refractivity contribution in [2.45, 2.75) is 52.5 Å². The Labute approximate surface area is 129 Å². The SMILES string of the molecule is CCn1nc(C)c(Br)c1CC1(CCl)CC2CCC1C2. The van der Waals surface area contributed by atoms with E-state index in [1.807, 2.05) is 0 Å². The van der Waals surface area contributed by atoms with Crippen LogP contribution in [0.2, 0.25) is 0 Å². The van der Waals surface area contributed by atoms with Crippen LogP contribution < -0.4 is 0 Å². The van der Waals surface area contributed by atoms with Gasteiger partial charge in [0.1, 0.15) is 0 Å². The second-order valence-electron chi connectivity index (χ2n) is 6.41. The van der Waals surface area contributed by atoms with E-state index >= 15 is 0 Å². The average Bonchev–Trinajstić information content (AvgIpc) is 3.08. The van der Waals surface area contributed by atoms with Gasteiger partial charge < -0.3 is 0 Å². The van der Waals surface area contributed by atoms with E-state index in [4.69, 9.17) is 11.6 Å². The molecule has 4 heteroatoms. The number of nitrogens with zero attached hydrogens (tertiary/aromatic N) is 2. The molecule has 3 unspecified atom stereocenters. The first-order chi connectivity index (χ1) is 9.09. The van der Waals surface area contributed by atoms with Crippen LogP contribution in [0.1, 0.15) is 44.0 Å². The molecule has 106 valence electrons. The first kappa shape index (κ1) is 13.9. The van der Waals surface area contributed by atoms with Crippen molar-refractivity contribution in [1.29, 1.82) is 0 Å². The van der Waals surface area contributed by atoms with Crippen LogP contribution in [-0.4, -0.2) is 15.7 Å². The van der Waals surface area contributed by atoms with Crippen molar-refractivity contribution in [2.75, 3.05) is 5.88 Å². The van der Waals surface area contributed by atoms with Crippen LogP contribution in [0.3, 0.4) is 0 Å². The summed E-state index contributed by atoms with van der Waals surface area (Å²) in [6.45, 7) is 5.18. The van der Waals surface area contributed by atoms with Gasteiger partial charge in [0.2, 0.25) is 0 Å². The minimum absolute atomic E-state index is 0.326. The summed E-state index contributed by atoms with van der Waals surface area (Å²) in [7, 11) is 0. The minimum Gasteiger partial charge on any atom is -0.268 e. The molecule has 0 aliphatic heterocycles. The number of aryl methyl sites for hydroxylation is 2. The summed E-state index contributed by atoms with van der Waals surface area (Å²) in [5.41, 5.74) is 2.78. The molecular formula is C15H22BrClN2. The quantitative estimate of drug-likeness (QED) is 0.731. The van der Waals surface area contributed by atoms with Crippen LogP contribution in [0.25, 0.3) is 0 Å². The number of alkyl halides is 1. The highest BCUT2D eigenvalue weighted by molar-refractivity contribution is 9.10. The molecule has 2 fully saturated rings. The van der Waals surface area contributed by atoms with Gasteiger partial charge in [0.05, 0.1) is 15.9 Å². The number of hydrogen-bond acceptors (Lipinski definition) is 1. The lowest BCUT2D eigenvalue weighted by Crippen LogP contribution is -2.33. The molecule has 2 aliphatic carbocycles. The van der Waals surface area contributed by atoms with E-state index in [0.29, 0.717) is 5.41 Å². The fourth-order valence-corrected chi connectivity index (χ4v) is 5.20. The van der Waals surface area contributed by atoms with E-state index in [-0.39, 0.29) is 0 Å². The summed E-state index contributed by atoms with van der Waals surface area (Å²) in [6, 6.07) is 0. The molecule has 1 heterocycles. The van der Waals surface area contributed by atoms with E-state index in [9.17, 15) is 0 Å². The lowest BCUT2D eigenvalue weighted by atomic mass is 9.71. The highest BCUT2D eigenvalue weighted by atomic mass is 79.9. The zero-order valence-corrected chi connectivity index (χ0v) is 14.1. The second kappa shape index (κ2) is 5.07. The fourth-order valence-electron chi connectivity index (χ4n) is 4.36. The molecule has 0 N–H and O–H groups in total. The maximum atomic E-state index is 6.42. The van der Waals surface area contributed by atoms with Gasteiger partial charge in [0.25, 0.3) is 0 Å². The standard InChI is InChI=1S/C15H22BrClN2/c1-3-19-13(14(16)10(2)18-19)8-15(9-17)7-11-4-5-12(15)6-11/h11-12H,3-9H2,1-2H3. The van der Waals surface area contributed by atoms with Crippen LogP contribution in [0, 0.1) is 24.2 Å². The molecular weight excluding hydrogens is 324 g/mol. The zero-order valence-electron chi connectivity index (χ0n) is 11.8. The van der Waals surface area contributed by atoms with Crippen LogP contribution in [-0.2, 0) is 13.0 Å². The van der Waals surface area contributed by atoms with Crippen molar-refractivity contribution in [1.82, 2.24) is 9.78 Å². The lowest BCUT2D eigenvalue weighted by molar-refractivity contribution is 0.188. The highest BCUT2D eigenvalue weighted by Gasteiger charge is 2.50. The first-order valence-corrected chi connectivity index (χ1v) is 8.70. The summed E-state index contributed by atoms with van der Waals surface area (Å²) in [4.78, 5) is 0. The first-order valence-electron chi connectivity index (χ1n) is 7.37. The van der Waals surface area contributed by atoms with Crippen molar-refractivity contribution in [3.8, 4) is 0 Å². The number of rotatable bonds is 4. The van der Waals surface area contributed by atoms with Crippen molar-refractivity contribution in [2.24, 2.45) is 17.3 Å². The zero-order chi connectivity index (χ0) is 13.6. The largest absolute Gasteiger partial charge is 0.268 e. The predicted octanol–water partition coefficient (Wildman–Crippen LogP) is 4.56. The van der Waals surface area contributed by atoms with Crippen molar-refractivity contribution < 1.29 is 0 Å². The number of fused-ring (bicyclic) bond motifs is 2. The van der Waals surface area contributed by atoms with E-state index < -0.39 is 0 Å². The van der Waals surface area contributed by atoms with Crippen molar-refractivity contribution in [3.63, 3.8) is 0 Å². The molecule has 2 bridgehead atoms. The summed E-state index contributed by atoms with van der Waals surface area (Å²) in [5.74, 6) is 2.57. The van der Waals surface area contributed by atoms with Gasteiger partial charge in [-0.3, -0.25) is 4.68 Å². The average molecular weight is 346 g/mol. The summed E-state index contributed by atoms with van der Waals surface area (Å²) in [6.07, 6.45) is 6.63. The monoisotopic (exact) mass is 344 g/mol. The van der Waals surface area contributed by atoms with Gasteiger partial charge in [-0.05, 0) is 72.7 Å². The maximum Gasteiger partial charge on any atom is 0.0738 e. The molecule has 3 atom stereocenters. The Morgan fingerprint density at radius 3 is 2.79 bits per heavy atom. The summed E-state index contributed by atoms with van der Waals surface area (Å²) in [5, 5.41) is 4.62. The number of halogens is 2. The van der Waals surface area contributed by atoms with Gasteiger partial charge in [-0.1, -0.05) is 6.42 Å². The Kier molecular flexibility index (Phi) is 3.72. The molecule has 1 aromatic heterocycles. The lowest BCUT2D eigenvalue weighted by Gasteiger charge is -2.36. The molecule has 2 aliphatic rings. The van der Waals surface area contributed by atoms with Gasteiger partial charge in [0, 0.05) is 12.4 Å². The second-order valence-corrected chi connectivity index (χ2v) is 7.48. The van der Waals surface area contributed by atoms with Gasteiger partial charge in [-0.2, -0.15) is 5.10 Å². The van der Waals surface area contributed by atoms with E-state index in [1.165, 1.54) is 35.8 Å². The topological polar surface area (TPSA) is 17.8 Å². The summed E-state index contributed by atoms with van der Waals surface area (Å²) >= 11 is 10.1. The Morgan fingerprint density at radius 1 is 1.47 bits per heavy atom. The molecule has 1 aromatic rings. The van der Waals surface area contributed by atoms with Gasteiger partial charge in [0.15, 0.2) is 0 Å². The van der Waals surface area contributed by atoms with Crippen LogP contribution in [0.4, 0.5) is 0 Å². The molecule has 2 saturated carbocycles. The smallest absolute Gasteiger partial charge is 0.0738 e. The molecule has 0 spiro atoms. The number of aromatic nitrogens is 2. The Bertz CT molecular complexity index is 485. The van der Waals surface area contributed by atoms with Crippen molar-refractivity contribution >= 4 is 27.5 Å². The van der Waals surface area contributed by atoms with Gasteiger partial charge >= 0.3 is 0 Å². The van der Waals surface area contributed by atoms with Crippen LogP contribution >= 0.6 is 27.5 Å². The van der Waals surface area contributed by atoms with Gasteiger partial charge in [-0.25, -0.2) is 0 Å². The molecule has 3 rings (SSSR count). The molecule has 0 aromatic carbocycles. The molecule has 0 radical (unpaired) electrons. The fraction of sp³-hybridized carbons (Fsp3) is 0.800. The van der Waals surface area contributed by atoms with E-state index in [2.05, 4.69) is 39.6 Å². The molecule has 0 saturated heterocycles. The predicted molar refractivity (Wildman–Crippen MR) is 82.6 cm³/mol. The highest BCUT2D eigenvalue weighted by Crippen LogP contribution is 2.58. The Morgan fingerprint density at radius 2 is 2.26 bits per heavy atom.